The zero-order valence-corrected chi connectivity index (χ0v) is 10.7. The summed E-state index contributed by atoms with van der Waals surface area (Å²) in [6, 6.07) is 9.61. The van der Waals surface area contributed by atoms with Crippen molar-refractivity contribution in [1.82, 2.24) is 5.32 Å². The number of hydrogen-bond acceptors (Lipinski definition) is 2. The van der Waals surface area contributed by atoms with Crippen molar-refractivity contribution in [1.29, 1.82) is 0 Å². The second-order valence-corrected chi connectivity index (χ2v) is 5.47. The van der Waals surface area contributed by atoms with Crippen molar-refractivity contribution in [3.63, 3.8) is 0 Å². The zero-order valence-electron chi connectivity index (χ0n) is 10.7. The lowest BCUT2D eigenvalue weighted by Crippen LogP contribution is -2.37. The van der Waals surface area contributed by atoms with E-state index in [1.165, 1.54) is 50.1 Å². The Morgan fingerprint density at radius 1 is 1.35 bits per heavy atom. The van der Waals surface area contributed by atoms with Gasteiger partial charge in [-0.3, -0.25) is 0 Å². The minimum atomic E-state index is 0.684. The summed E-state index contributed by atoms with van der Waals surface area (Å²) in [7, 11) is 0. The average molecular weight is 230 g/mol. The van der Waals surface area contributed by atoms with E-state index in [1.807, 2.05) is 0 Å². The first-order valence-electron chi connectivity index (χ1n) is 6.91. The highest BCUT2D eigenvalue weighted by Crippen LogP contribution is 2.29. The first-order valence-corrected chi connectivity index (χ1v) is 6.91. The number of para-hydroxylation sites is 1. The molecule has 1 N–H and O–H groups in total. The van der Waals surface area contributed by atoms with Crippen LogP contribution in [0.2, 0.25) is 0 Å². The third kappa shape index (κ3) is 2.19. The van der Waals surface area contributed by atoms with Crippen molar-refractivity contribution in [2.75, 3.05) is 24.5 Å². The second-order valence-electron chi connectivity index (χ2n) is 5.47. The normalized spacial score (nSPS) is 28.2. The standard InChI is InChI=1S/C15H22N2/c1-12-14(8-9-16-12)11-17-10-4-6-13-5-2-3-7-15(13)17/h2-3,5,7,12,14,16H,4,6,8-11H2,1H3. The first-order chi connectivity index (χ1) is 8.34. The number of nitrogens with zero attached hydrogens (tertiary/aromatic N) is 1. The molecule has 1 aromatic rings. The molecule has 1 saturated heterocycles. The zero-order chi connectivity index (χ0) is 11.7. The van der Waals surface area contributed by atoms with Crippen molar-refractivity contribution in [2.45, 2.75) is 32.2 Å². The molecule has 2 nitrogen and oxygen atoms in total. The van der Waals surface area contributed by atoms with Crippen molar-refractivity contribution < 1.29 is 0 Å². The molecule has 17 heavy (non-hydrogen) atoms. The Balaban J connectivity index is 1.76. The quantitative estimate of drug-likeness (QED) is 0.839. The summed E-state index contributed by atoms with van der Waals surface area (Å²) in [6.45, 7) is 5.99. The summed E-state index contributed by atoms with van der Waals surface area (Å²) in [4.78, 5) is 2.60. The van der Waals surface area contributed by atoms with Crippen molar-refractivity contribution in [3.8, 4) is 0 Å². The largest absolute Gasteiger partial charge is 0.371 e. The van der Waals surface area contributed by atoms with Crippen LogP contribution in [0.15, 0.2) is 24.3 Å². The fraction of sp³-hybridized carbons (Fsp3) is 0.600. The van der Waals surface area contributed by atoms with Gasteiger partial charge in [-0.2, -0.15) is 0 Å². The van der Waals surface area contributed by atoms with E-state index in [0.717, 1.165) is 5.92 Å². The molecule has 2 atom stereocenters. The highest BCUT2D eigenvalue weighted by molar-refractivity contribution is 5.55. The maximum Gasteiger partial charge on any atom is 0.0398 e. The summed E-state index contributed by atoms with van der Waals surface area (Å²) < 4.78 is 0. The molecule has 0 amide bonds. The maximum atomic E-state index is 3.56. The monoisotopic (exact) mass is 230 g/mol. The molecule has 0 saturated carbocycles. The third-order valence-corrected chi connectivity index (χ3v) is 4.35. The van der Waals surface area contributed by atoms with Gasteiger partial charge in [0.1, 0.15) is 0 Å². The van der Waals surface area contributed by atoms with Gasteiger partial charge in [-0.25, -0.2) is 0 Å². The number of anilines is 1. The molecular weight excluding hydrogens is 208 g/mol. The molecule has 0 bridgehead atoms. The van der Waals surface area contributed by atoms with E-state index in [0.29, 0.717) is 6.04 Å². The van der Waals surface area contributed by atoms with Gasteiger partial charge in [0.05, 0.1) is 0 Å². The van der Waals surface area contributed by atoms with Crippen LogP contribution >= 0.6 is 0 Å². The second kappa shape index (κ2) is 4.69. The van der Waals surface area contributed by atoms with Gasteiger partial charge in [-0.15, -0.1) is 0 Å². The lowest BCUT2D eigenvalue weighted by Gasteiger charge is -2.34. The van der Waals surface area contributed by atoms with Crippen LogP contribution in [0, 0.1) is 5.92 Å². The van der Waals surface area contributed by atoms with E-state index >= 15 is 0 Å². The van der Waals surface area contributed by atoms with Gasteiger partial charge in [0.15, 0.2) is 0 Å². The average Bonchev–Trinajstić information content (AvgIpc) is 2.76. The number of nitrogens with one attached hydrogen (secondary N) is 1. The van der Waals surface area contributed by atoms with Crippen LogP contribution in [0.5, 0.6) is 0 Å². The molecule has 3 rings (SSSR count). The fourth-order valence-electron chi connectivity index (χ4n) is 3.25. The van der Waals surface area contributed by atoms with Crippen molar-refractivity contribution in [3.05, 3.63) is 29.8 Å². The third-order valence-electron chi connectivity index (χ3n) is 4.35. The molecule has 0 aliphatic carbocycles. The van der Waals surface area contributed by atoms with Gasteiger partial charge in [-0.05, 0) is 50.3 Å². The minimum Gasteiger partial charge on any atom is -0.371 e. The summed E-state index contributed by atoms with van der Waals surface area (Å²) in [5, 5.41) is 3.56. The molecule has 0 spiro atoms. The van der Waals surface area contributed by atoms with E-state index in [-0.39, 0.29) is 0 Å². The van der Waals surface area contributed by atoms with E-state index in [1.54, 1.807) is 0 Å². The van der Waals surface area contributed by atoms with Crippen LogP contribution in [0.25, 0.3) is 0 Å². The molecule has 2 heterocycles. The summed E-state index contributed by atoms with van der Waals surface area (Å²) in [6.07, 6.45) is 3.90. The molecule has 0 aromatic heterocycles. The Morgan fingerprint density at radius 3 is 3.06 bits per heavy atom. The van der Waals surface area contributed by atoms with Gasteiger partial charge < -0.3 is 10.2 Å². The summed E-state index contributed by atoms with van der Waals surface area (Å²) in [5.41, 5.74) is 3.02. The Kier molecular flexibility index (Phi) is 3.06. The van der Waals surface area contributed by atoms with Crippen LogP contribution in [0.1, 0.15) is 25.3 Å². The predicted octanol–water partition coefficient (Wildman–Crippen LogP) is 2.44. The van der Waals surface area contributed by atoms with E-state index in [4.69, 9.17) is 0 Å². The SMILES string of the molecule is CC1NCCC1CN1CCCc2ccccc21. The Hall–Kier alpha value is -1.02. The van der Waals surface area contributed by atoms with Gasteiger partial charge >= 0.3 is 0 Å². The van der Waals surface area contributed by atoms with Crippen LogP contribution in [0.3, 0.4) is 0 Å². The van der Waals surface area contributed by atoms with Crippen molar-refractivity contribution >= 4 is 5.69 Å². The maximum absolute atomic E-state index is 3.56. The molecule has 1 fully saturated rings. The molecule has 2 heteroatoms. The highest BCUT2D eigenvalue weighted by Gasteiger charge is 2.26. The van der Waals surface area contributed by atoms with E-state index < -0.39 is 0 Å². The molecular formula is C15H22N2. The fourth-order valence-corrected chi connectivity index (χ4v) is 3.25. The highest BCUT2D eigenvalue weighted by atomic mass is 15.1. The molecule has 0 radical (unpaired) electrons. The molecule has 92 valence electrons. The van der Waals surface area contributed by atoms with Crippen LogP contribution in [-0.2, 0) is 6.42 Å². The smallest absolute Gasteiger partial charge is 0.0398 e. The number of hydrogen-bond donors (Lipinski definition) is 1. The lowest BCUT2D eigenvalue weighted by atomic mass is 9.97. The Labute approximate surface area is 104 Å². The Morgan fingerprint density at radius 2 is 2.24 bits per heavy atom. The molecule has 2 unspecified atom stereocenters. The van der Waals surface area contributed by atoms with Crippen LogP contribution in [0.4, 0.5) is 5.69 Å². The number of rotatable bonds is 2. The molecule has 1 aromatic carbocycles. The number of benzene rings is 1. The lowest BCUT2D eigenvalue weighted by molar-refractivity contribution is 0.463. The summed E-state index contributed by atoms with van der Waals surface area (Å²) in [5.74, 6) is 0.821. The van der Waals surface area contributed by atoms with E-state index in [2.05, 4.69) is 41.4 Å². The number of aryl methyl sites for hydroxylation is 1. The molecule has 2 aliphatic heterocycles. The van der Waals surface area contributed by atoms with E-state index in [9.17, 15) is 0 Å². The first kappa shape index (κ1) is 11.1. The summed E-state index contributed by atoms with van der Waals surface area (Å²) >= 11 is 0. The topological polar surface area (TPSA) is 15.3 Å². The minimum absolute atomic E-state index is 0.684. The van der Waals surface area contributed by atoms with Gasteiger partial charge in [0.25, 0.3) is 0 Å². The van der Waals surface area contributed by atoms with Gasteiger partial charge in [-0.1, -0.05) is 18.2 Å². The van der Waals surface area contributed by atoms with Crippen molar-refractivity contribution in [2.24, 2.45) is 5.92 Å². The van der Waals surface area contributed by atoms with Gasteiger partial charge in [0, 0.05) is 24.8 Å². The van der Waals surface area contributed by atoms with Crippen LogP contribution < -0.4 is 10.2 Å². The van der Waals surface area contributed by atoms with Crippen LogP contribution in [-0.4, -0.2) is 25.7 Å². The predicted molar refractivity (Wildman–Crippen MR) is 72.5 cm³/mol. The number of fused-ring (bicyclic) bond motifs is 1. The Bertz CT molecular complexity index is 388. The molecule has 2 aliphatic rings. The van der Waals surface area contributed by atoms with Gasteiger partial charge in [0.2, 0.25) is 0 Å².